The van der Waals surface area contributed by atoms with Gasteiger partial charge in [-0.15, -0.1) is 23.5 Å². The molecule has 0 N–H and O–H groups in total. The normalized spacial score (nSPS) is 15.1. The van der Waals surface area contributed by atoms with Gasteiger partial charge in [0, 0.05) is 19.3 Å². The second-order valence-corrected chi connectivity index (χ2v) is 15.1. The maximum absolute atomic E-state index is 2.49. The molecule has 0 bridgehead atoms. The molecule has 2 aromatic rings. The molecule has 0 heterocycles. The zero-order valence-electron chi connectivity index (χ0n) is 21.8. The molecule has 0 aliphatic heterocycles. The smallest absolute Gasteiger partial charge is 0.0435 e. The van der Waals surface area contributed by atoms with E-state index in [-0.39, 0.29) is 20.3 Å². The van der Waals surface area contributed by atoms with Crippen LogP contribution in [0.3, 0.4) is 0 Å². The SMILES string of the molecule is CCC(C)(C)c1ccc(SC(C)(CC)c2cc(C(C)(C)C)ccc2SC(C)(C)C)cc1. The minimum Gasteiger partial charge on any atom is -0.120 e. The lowest BCUT2D eigenvalue weighted by atomic mass is 9.82. The molecule has 0 aliphatic rings. The van der Waals surface area contributed by atoms with Gasteiger partial charge in [-0.05, 0) is 65.5 Å². The molecule has 31 heavy (non-hydrogen) atoms. The Kier molecular flexibility index (Phi) is 8.14. The molecule has 0 amide bonds. The molecule has 1 atom stereocenters. The maximum Gasteiger partial charge on any atom is 0.0435 e. The zero-order chi connectivity index (χ0) is 23.7. The van der Waals surface area contributed by atoms with Crippen molar-refractivity contribution in [3.05, 3.63) is 59.2 Å². The molecular weight excluding hydrogens is 412 g/mol. The fourth-order valence-electron chi connectivity index (χ4n) is 3.58. The van der Waals surface area contributed by atoms with Gasteiger partial charge in [0.25, 0.3) is 0 Å². The molecule has 2 aromatic carbocycles. The van der Waals surface area contributed by atoms with Gasteiger partial charge in [-0.2, -0.15) is 0 Å². The monoisotopic (exact) mass is 456 g/mol. The Morgan fingerprint density at radius 2 is 1.19 bits per heavy atom. The number of benzene rings is 2. The van der Waals surface area contributed by atoms with Crippen LogP contribution in [0.25, 0.3) is 0 Å². The molecule has 0 aliphatic carbocycles. The summed E-state index contributed by atoms with van der Waals surface area (Å²) in [4.78, 5) is 2.77. The quantitative estimate of drug-likeness (QED) is 0.380. The summed E-state index contributed by atoms with van der Waals surface area (Å²) < 4.78 is 0.210. The molecule has 0 saturated carbocycles. The Morgan fingerprint density at radius 1 is 0.645 bits per heavy atom. The molecule has 0 fully saturated rings. The third-order valence-electron chi connectivity index (χ3n) is 6.37. The number of hydrogen-bond acceptors (Lipinski definition) is 2. The van der Waals surface area contributed by atoms with E-state index in [9.17, 15) is 0 Å². The van der Waals surface area contributed by atoms with E-state index in [0.717, 1.165) is 12.8 Å². The molecular formula is C29H44S2. The average molecular weight is 457 g/mol. The molecule has 2 rings (SSSR count). The standard InChI is InChI=1S/C29H44S2/c1-12-28(9,10)21-14-17-23(18-15-21)30-29(11,13-2)24-20-22(26(3,4)5)16-19-25(24)31-27(6,7)8/h14-20H,12-13H2,1-11H3. The van der Waals surface area contributed by atoms with Crippen LogP contribution in [0.1, 0.15) is 106 Å². The second kappa shape index (κ2) is 9.56. The van der Waals surface area contributed by atoms with Crippen LogP contribution >= 0.6 is 23.5 Å². The molecule has 1 unspecified atom stereocenters. The average Bonchev–Trinajstić information content (AvgIpc) is 2.66. The Labute approximate surface area is 201 Å². The van der Waals surface area contributed by atoms with Crippen molar-refractivity contribution in [3.8, 4) is 0 Å². The summed E-state index contributed by atoms with van der Waals surface area (Å²) in [7, 11) is 0. The van der Waals surface area contributed by atoms with Crippen LogP contribution in [0.5, 0.6) is 0 Å². The van der Waals surface area contributed by atoms with Gasteiger partial charge in [0.2, 0.25) is 0 Å². The molecule has 0 radical (unpaired) electrons. The van der Waals surface area contributed by atoms with E-state index in [1.807, 2.05) is 23.5 Å². The van der Waals surface area contributed by atoms with E-state index in [1.54, 1.807) is 0 Å². The third-order valence-corrected chi connectivity index (χ3v) is 9.02. The highest BCUT2D eigenvalue weighted by molar-refractivity contribution is 8.01. The molecule has 2 heteroatoms. The Balaban J connectivity index is 2.50. The van der Waals surface area contributed by atoms with Crippen molar-refractivity contribution >= 4 is 23.5 Å². The van der Waals surface area contributed by atoms with Crippen LogP contribution in [0.4, 0.5) is 0 Å². The summed E-state index contributed by atoms with van der Waals surface area (Å²) in [5, 5.41) is 0. The first-order valence-corrected chi connectivity index (χ1v) is 13.4. The van der Waals surface area contributed by atoms with Gasteiger partial charge < -0.3 is 0 Å². The van der Waals surface area contributed by atoms with Crippen LogP contribution < -0.4 is 0 Å². The van der Waals surface area contributed by atoms with Crippen molar-refractivity contribution in [2.24, 2.45) is 0 Å². The first kappa shape index (κ1) is 26.4. The van der Waals surface area contributed by atoms with Crippen LogP contribution in [-0.4, -0.2) is 4.75 Å². The van der Waals surface area contributed by atoms with Crippen molar-refractivity contribution in [2.75, 3.05) is 0 Å². The van der Waals surface area contributed by atoms with E-state index >= 15 is 0 Å². The molecule has 0 spiro atoms. The van der Waals surface area contributed by atoms with E-state index in [4.69, 9.17) is 0 Å². The number of rotatable bonds is 7. The summed E-state index contributed by atoms with van der Waals surface area (Å²) in [5.41, 5.74) is 4.70. The van der Waals surface area contributed by atoms with E-state index < -0.39 is 0 Å². The largest absolute Gasteiger partial charge is 0.120 e. The molecule has 172 valence electrons. The van der Waals surface area contributed by atoms with Gasteiger partial charge in [0.05, 0.1) is 0 Å². The predicted octanol–water partition coefficient (Wildman–Crippen LogP) is 9.98. The lowest BCUT2D eigenvalue weighted by molar-refractivity contribution is 0.506. The van der Waals surface area contributed by atoms with Gasteiger partial charge >= 0.3 is 0 Å². The molecule has 0 nitrogen and oxygen atoms in total. The van der Waals surface area contributed by atoms with Crippen molar-refractivity contribution in [1.29, 1.82) is 0 Å². The highest BCUT2D eigenvalue weighted by Crippen LogP contribution is 2.49. The number of hydrogen-bond donors (Lipinski definition) is 0. The molecule has 0 aromatic heterocycles. The van der Waals surface area contributed by atoms with E-state index in [1.165, 1.54) is 26.5 Å². The summed E-state index contributed by atoms with van der Waals surface area (Å²) in [6.07, 6.45) is 2.24. The van der Waals surface area contributed by atoms with E-state index in [2.05, 4.69) is 119 Å². The van der Waals surface area contributed by atoms with Crippen LogP contribution in [-0.2, 0) is 15.6 Å². The fraction of sp³-hybridized carbons (Fsp3) is 0.586. The molecule has 0 saturated heterocycles. The second-order valence-electron chi connectivity index (χ2n) is 11.6. The minimum atomic E-state index is 0.0244. The van der Waals surface area contributed by atoms with Crippen LogP contribution in [0.15, 0.2) is 52.3 Å². The summed E-state index contributed by atoms with van der Waals surface area (Å²) in [5.74, 6) is 0. The van der Waals surface area contributed by atoms with Gasteiger partial charge in [-0.25, -0.2) is 0 Å². The zero-order valence-corrected chi connectivity index (χ0v) is 23.4. The van der Waals surface area contributed by atoms with Gasteiger partial charge in [0.15, 0.2) is 0 Å². The predicted molar refractivity (Wildman–Crippen MR) is 144 cm³/mol. The topological polar surface area (TPSA) is 0 Å². The lowest BCUT2D eigenvalue weighted by Gasteiger charge is -2.34. The van der Waals surface area contributed by atoms with Crippen LogP contribution in [0, 0.1) is 0 Å². The first-order valence-electron chi connectivity index (χ1n) is 11.7. The van der Waals surface area contributed by atoms with Crippen LogP contribution in [0.2, 0.25) is 0 Å². The number of thioether (sulfide) groups is 2. The van der Waals surface area contributed by atoms with Gasteiger partial charge in [0.1, 0.15) is 0 Å². The Hall–Kier alpha value is -0.860. The van der Waals surface area contributed by atoms with Crippen molar-refractivity contribution in [2.45, 2.75) is 119 Å². The highest BCUT2D eigenvalue weighted by Gasteiger charge is 2.32. The minimum absolute atomic E-state index is 0.0244. The lowest BCUT2D eigenvalue weighted by Crippen LogP contribution is -2.21. The Bertz CT molecular complexity index is 863. The fourth-order valence-corrected chi connectivity index (χ4v) is 6.05. The summed E-state index contributed by atoms with van der Waals surface area (Å²) in [6.45, 7) is 25.6. The van der Waals surface area contributed by atoms with E-state index in [0.29, 0.717) is 0 Å². The summed E-state index contributed by atoms with van der Waals surface area (Å²) >= 11 is 4.01. The van der Waals surface area contributed by atoms with Gasteiger partial charge in [-0.1, -0.05) is 93.5 Å². The van der Waals surface area contributed by atoms with Crippen molar-refractivity contribution in [1.82, 2.24) is 0 Å². The maximum atomic E-state index is 2.49. The summed E-state index contributed by atoms with van der Waals surface area (Å²) in [6, 6.07) is 16.5. The van der Waals surface area contributed by atoms with Crippen molar-refractivity contribution < 1.29 is 0 Å². The first-order chi connectivity index (χ1) is 14.1. The Morgan fingerprint density at radius 3 is 1.65 bits per heavy atom. The highest BCUT2D eigenvalue weighted by atomic mass is 32.2. The van der Waals surface area contributed by atoms with Crippen molar-refractivity contribution in [3.63, 3.8) is 0 Å². The van der Waals surface area contributed by atoms with Gasteiger partial charge in [-0.3, -0.25) is 0 Å². The third kappa shape index (κ3) is 6.81.